The Labute approximate surface area is 142 Å². The SMILES string of the molecule is CNCC1CCCN1C(=O)c1cn(-c2cccc(C(F)(F)F)c2)nn1. The minimum absolute atomic E-state index is 0.0937. The Bertz CT molecular complexity index is 758. The van der Waals surface area contributed by atoms with E-state index in [0.717, 1.165) is 25.0 Å². The lowest BCUT2D eigenvalue weighted by Gasteiger charge is -2.23. The van der Waals surface area contributed by atoms with Crippen LogP contribution in [0.15, 0.2) is 30.5 Å². The minimum atomic E-state index is -4.44. The topological polar surface area (TPSA) is 63.1 Å². The molecule has 1 atom stereocenters. The van der Waals surface area contributed by atoms with Gasteiger partial charge >= 0.3 is 6.18 Å². The summed E-state index contributed by atoms with van der Waals surface area (Å²) in [5.41, 5.74) is -0.447. The Hall–Kier alpha value is -2.42. The third-order valence-corrected chi connectivity index (χ3v) is 4.23. The molecule has 0 saturated carbocycles. The van der Waals surface area contributed by atoms with Gasteiger partial charge in [0, 0.05) is 19.1 Å². The molecule has 1 aliphatic heterocycles. The van der Waals surface area contributed by atoms with Crippen molar-refractivity contribution in [2.45, 2.75) is 25.1 Å². The van der Waals surface area contributed by atoms with Crippen LogP contribution in [0.2, 0.25) is 0 Å². The average Bonchev–Trinajstić information content (AvgIpc) is 3.23. The van der Waals surface area contributed by atoms with Gasteiger partial charge in [0.25, 0.3) is 5.91 Å². The molecule has 1 amide bonds. The highest BCUT2D eigenvalue weighted by Crippen LogP contribution is 2.30. The number of carbonyl (C=O) groups is 1. The Morgan fingerprint density at radius 2 is 2.20 bits per heavy atom. The number of carbonyl (C=O) groups excluding carboxylic acids is 1. The van der Waals surface area contributed by atoms with Gasteiger partial charge in [0.1, 0.15) is 0 Å². The van der Waals surface area contributed by atoms with Gasteiger partial charge in [-0.2, -0.15) is 13.2 Å². The molecule has 2 heterocycles. The summed E-state index contributed by atoms with van der Waals surface area (Å²) < 4.78 is 39.7. The average molecular weight is 353 g/mol. The van der Waals surface area contributed by atoms with Gasteiger partial charge in [-0.25, -0.2) is 4.68 Å². The molecule has 134 valence electrons. The molecule has 0 bridgehead atoms. The van der Waals surface area contributed by atoms with E-state index in [1.807, 2.05) is 7.05 Å². The van der Waals surface area contributed by atoms with Crippen LogP contribution in [-0.2, 0) is 6.18 Å². The first-order valence-electron chi connectivity index (χ1n) is 7.95. The van der Waals surface area contributed by atoms with Crippen molar-refractivity contribution < 1.29 is 18.0 Å². The minimum Gasteiger partial charge on any atom is -0.333 e. The molecule has 0 radical (unpaired) electrons. The lowest BCUT2D eigenvalue weighted by atomic mass is 10.2. The standard InChI is InChI=1S/C16H18F3N5O/c1-20-9-13-6-3-7-23(13)15(25)14-10-24(22-21-14)12-5-2-4-11(8-12)16(17,18)19/h2,4-5,8,10,13,20H,3,6-7,9H2,1H3. The molecule has 1 aromatic carbocycles. The maximum Gasteiger partial charge on any atom is 0.416 e. The summed E-state index contributed by atoms with van der Waals surface area (Å²) in [6.45, 7) is 1.33. The van der Waals surface area contributed by atoms with Gasteiger partial charge in [-0.3, -0.25) is 4.79 Å². The number of amides is 1. The Balaban J connectivity index is 1.82. The Morgan fingerprint density at radius 1 is 1.40 bits per heavy atom. The quantitative estimate of drug-likeness (QED) is 0.915. The third-order valence-electron chi connectivity index (χ3n) is 4.23. The summed E-state index contributed by atoms with van der Waals surface area (Å²) in [5.74, 6) is -0.254. The van der Waals surface area contributed by atoms with E-state index in [0.29, 0.717) is 13.1 Å². The van der Waals surface area contributed by atoms with Gasteiger partial charge in [0.15, 0.2) is 5.69 Å². The number of benzene rings is 1. The van der Waals surface area contributed by atoms with Crippen LogP contribution in [-0.4, -0.2) is 52.0 Å². The van der Waals surface area contributed by atoms with Crippen molar-refractivity contribution in [3.63, 3.8) is 0 Å². The maximum atomic E-state index is 12.8. The zero-order valence-electron chi connectivity index (χ0n) is 13.6. The van der Waals surface area contributed by atoms with Crippen LogP contribution in [0.25, 0.3) is 5.69 Å². The van der Waals surface area contributed by atoms with Crippen molar-refractivity contribution in [3.05, 3.63) is 41.7 Å². The Kier molecular flexibility index (Phi) is 4.76. The predicted molar refractivity (Wildman–Crippen MR) is 84.3 cm³/mol. The van der Waals surface area contributed by atoms with Crippen LogP contribution >= 0.6 is 0 Å². The molecule has 9 heteroatoms. The van der Waals surface area contributed by atoms with Gasteiger partial charge in [-0.15, -0.1) is 5.10 Å². The summed E-state index contributed by atoms with van der Waals surface area (Å²) in [7, 11) is 1.82. The number of hydrogen-bond acceptors (Lipinski definition) is 4. The van der Waals surface area contributed by atoms with Crippen molar-refractivity contribution in [1.82, 2.24) is 25.2 Å². The van der Waals surface area contributed by atoms with Gasteiger partial charge in [0.2, 0.25) is 0 Å². The maximum absolute atomic E-state index is 12.8. The van der Waals surface area contributed by atoms with Gasteiger partial charge < -0.3 is 10.2 Å². The van der Waals surface area contributed by atoms with Gasteiger partial charge in [-0.05, 0) is 38.1 Å². The van der Waals surface area contributed by atoms with Crippen LogP contribution in [0.3, 0.4) is 0 Å². The molecule has 0 spiro atoms. The van der Waals surface area contributed by atoms with Gasteiger partial charge in [-0.1, -0.05) is 11.3 Å². The second-order valence-electron chi connectivity index (χ2n) is 5.95. The van der Waals surface area contributed by atoms with Crippen molar-refractivity contribution in [2.24, 2.45) is 0 Å². The molecule has 1 aromatic heterocycles. The van der Waals surface area contributed by atoms with Crippen molar-refractivity contribution in [1.29, 1.82) is 0 Å². The van der Waals surface area contributed by atoms with E-state index < -0.39 is 11.7 Å². The van der Waals surface area contributed by atoms with Crippen LogP contribution in [0.1, 0.15) is 28.9 Å². The van der Waals surface area contributed by atoms with E-state index in [2.05, 4.69) is 15.6 Å². The number of rotatable bonds is 4. The highest BCUT2D eigenvalue weighted by molar-refractivity contribution is 5.92. The molecule has 3 rings (SSSR count). The first-order chi connectivity index (χ1) is 11.9. The molecule has 1 unspecified atom stereocenters. The van der Waals surface area contributed by atoms with E-state index >= 15 is 0 Å². The number of aromatic nitrogens is 3. The molecular formula is C16H18F3N5O. The number of alkyl halides is 3. The lowest BCUT2D eigenvalue weighted by molar-refractivity contribution is -0.137. The molecule has 0 aliphatic carbocycles. The zero-order valence-corrected chi connectivity index (χ0v) is 13.6. The normalized spacial score (nSPS) is 17.9. The first kappa shape index (κ1) is 17.4. The smallest absolute Gasteiger partial charge is 0.333 e. The van der Waals surface area contributed by atoms with Crippen LogP contribution in [0, 0.1) is 0 Å². The van der Waals surface area contributed by atoms with E-state index in [1.165, 1.54) is 23.0 Å². The molecule has 1 aliphatic rings. The summed E-state index contributed by atoms with van der Waals surface area (Å²) in [6, 6.07) is 4.83. The first-order valence-corrected chi connectivity index (χ1v) is 7.95. The molecule has 1 N–H and O–H groups in total. The fourth-order valence-electron chi connectivity index (χ4n) is 3.01. The number of hydrogen-bond donors (Lipinski definition) is 1. The summed E-state index contributed by atoms with van der Waals surface area (Å²) in [5, 5.41) is 10.7. The predicted octanol–water partition coefficient (Wildman–Crippen LogP) is 2.11. The van der Waals surface area contributed by atoms with Crippen molar-refractivity contribution in [3.8, 4) is 5.69 Å². The largest absolute Gasteiger partial charge is 0.416 e. The number of likely N-dealkylation sites (tertiary alicyclic amines) is 1. The molecule has 1 fully saturated rings. The van der Waals surface area contributed by atoms with E-state index in [-0.39, 0.29) is 23.3 Å². The monoisotopic (exact) mass is 353 g/mol. The summed E-state index contributed by atoms with van der Waals surface area (Å²) in [4.78, 5) is 14.3. The van der Waals surface area contributed by atoms with Crippen molar-refractivity contribution >= 4 is 5.91 Å². The number of halogens is 3. The van der Waals surface area contributed by atoms with Crippen LogP contribution in [0.5, 0.6) is 0 Å². The lowest BCUT2D eigenvalue weighted by Crippen LogP contribution is -2.41. The highest BCUT2D eigenvalue weighted by Gasteiger charge is 2.32. The van der Waals surface area contributed by atoms with E-state index in [1.54, 1.807) is 4.90 Å². The van der Waals surface area contributed by atoms with E-state index in [4.69, 9.17) is 0 Å². The van der Waals surface area contributed by atoms with E-state index in [9.17, 15) is 18.0 Å². The second kappa shape index (κ2) is 6.83. The highest BCUT2D eigenvalue weighted by atomic mass is 19.4. The molecule has 1 saturated heterocycles. The van der Waals surface area contributed by atoms with Crippen LogP contribution in [0.4, 0.5) is 13.2 Å². The zero-order chi connectivity index (χ0) is 18.0. The summed E-state index contributed by atoms with van der Waals surface area (Å²) in [6.07, 6.45) is -1.24. The second-order valence-corrected chi connectivity index (χ2v) is 5.95. The van der Waals surface area contributed by atoms with Crippen molar-refractivity contribution in [2.75, 3.05) is 20.1 Å². The fraction of sp³-hybridized carbons (Fsp3) is 0.438. The molecular weight excluding hydrogens is 335 g/mol. The molecule has 25 heavy (non-hydrogen) atoms. The number of likely N-dealkylation sites (N-methyl/N-ethyl adjacent to an activating group) is 1. The van der Waals surface area contributed by atoms with Gasteiger partial charge in [0.05, 0.1) is 17.4 Å². The summed E-state index contributed by atoms with van der Waals surface area (Å²) >= 11 is 0. The number of nitrogens with one attached hydrogen (secondary N) is 1. The third kappa shape index (κ3) is 3.65. The van der Waals surface area contributed by atoms with Crippen LogP contribution < -0.4 is 5.32 Å². The molecule has 6 nitrogen and oxygen atoms in total. The fourth-order valence-corrected chi connectivity index (χ4v) is 3.01. The number of nitrogens with zero attached hydrogens (tertiary/aromatic N) is 4. The molecule has 2 aromatic rings. The Morgan fingerprint density at radius 3 is 2.92 bits per heavy atom.